The number of nitrogens with one attached hydrogen (secondary N) is 1. The molecular weight excluding hydrogens is 412 g/mol. The van der Waals surface area contributed by atoms with Crippen LogP contribution in [0, 0.1) is 13.8 Å². The highest BCUT2D eigenvalue weighted by atomic mass is 16.5. The highest BCUT2D eigenvalue weighted by Crippen LogP contribution is 2.32. The van der Waals surface area contributed by atoms with Gasteiger partial charge in [0, 0.05) is 29.7 Å². The molecule has 0 saturated carbocycles. The minimum Gasteiger partial charge on any atom is -0.465 e. The van der Waals surface area contributed by atoms with E-state index < -0.39 is 5.97 Å². The Labute approximate surface area is 193 Å². The Morgan fingerprint density at radius 2 is 1.67 bits per heavy atom. The van der Waals surface area contributed by atoms with Gasteiger partial charge in [0.1, 0.15) is 0 Å². The average molecular weight is 441 g/mol. The van der Waals surface area contributed by atoms with E-state index in [0.717, 1.165) is 33.3 Å². The van der Waals surface area contributed by atoms with Crippen molar-refractivity contribution in [2.75, 3.05) is 12.4 Å². The lowest BCUT2D eigenvalue weighted by Crippen LogP contribution is -2.20. The van der Waals surface area contributed by atoms with Crippen LogP contribution in [-0.4, -0.2) is 17.6 Å². The van der Waals surface area contributed by atoms with Crippen LogP contribution in [0.2, 0.25) is 0 Å². The van der Waals surface area contributed by atoms with Gasteiger partial charge in [-0.15, -0.1) is 0 Å². The molecule has 3 aromatic carbocycles. The maximum absolute atomic E-state index is 13.4. The Balaban J connectivity index is 1.89. The topological polar surface area (TPSA) is 60.3 Å². The fourth-order valence-electron chi connectivity index (χ4n) is 4.37. The van der Waals surface area contributed by atoms with E-state index in [1.807, 2.05) is 76.3 Å². The molecule has 1 N–H and O–H groups in total. The number of esters is 1. The summed E-state index contributed by atoms with van der Waals surface area (Å²) < 4.78 is 6.66. The third-order valence-corrected chi connectivity index (χ3v) is 6.13. The van der Waals surface area contributed by atoms with Gasteiger partial charge in [-0.1, -0.05) is 42.5 Å². The van der Waals surface area contributed by atoms with Gasteiger partial charge in [0.15, 0.2) is 0 Å². The molecule has 4 rings (SSSR count). The largest absolute Gasteiger partial charge is 0.465 e. The van der Waals surface area contributed by atoms with Crippen LogP contribution in [0.15, 0.2) is 71.5 Å². The fraction of sp³-hybridized carbons (Fsp3) is 0.214. The Bertz CT molecular complexity index is 1420. The summed E-state index contributed by atoms with van der Waals surface area (Å²) in [5.74, 6) is -0.393. The summed E-state index contributed by atoms with van der Waals surface area (Å²) in [6, 6.07) is 21.3. The second-order valence-electron chi connectivity index (χ2n) is 8.43. The number of aryl methyl sites for hydroxylation is 2. The van der Waals surface area contributed by atoms with Gasteiger partial charge in [0.25, 0.3) is 5.56 Å². The molecule has 1 unspecified atom stereocenters. The van der Waals surface area contributed by atoms with Crippen LogP contribution >= 0.6 is 0 Å². The third kappa shape index (κ3) is 4.14. The lowest BCUT2D eigenvalue weighted by atomic mass is 9.95. The van der Waals surface area contributed by atoms with Crippen LogP contribution in [0.1, 0.15) is 40.0 Å². The van der Waals surface area contributed by atoms with E-state index in [4.69, 9.17) is 4.74 Å². The molecule has 0 aliphatic rings. The first-order valence-corrected chi connectivity index (χ1v) is 11.0. The maximum Gasteiger partial charge on any atom is 0.339 e. The van der Waals surface area contributed by atoms with Crippen LogP contribution in [0.3, 0.4) is 0 Å². The zero-order valence-corrected chi connectivity index (χ0v) is 19.6. The Kier molecular flexibility index (Phi) is 6.05. The monoisotopic (exact) mass is 440 g/mol. The van der Waals surface area contributed by atoms with Crippen molar-refractivity contribution >= 4 is 22.4 Å². The summed E-state index contributed by atoms with van der Waals surface area (Å²) in [7, 11) is 3.19. The van der Waals surface area contributed by atoms with Crippen molar-refractivity contribution in [3.05, 3.63) is 99.3 Å². The van der Waals surface area contributed by atoms with Gasteiger partial charge in [0.2, 0.25) is 0 Å². The standard InChI is InChI=1S/C28H28N2O3/c1-17-14-22(19(3)29-25-13-9-8-12-21(25)28(32)33-5)23-16-26(20-11-7-6-10-18(20)2)30(4)27(31)24(23)15-17/h6-16,19,29H,1-5H3. The number of benzene rings is 3. The normalized spacial score (nSPS) is 11.9. The van der Waals surface area contributed by atoms with Crippen molar-refractivity contribution in [1.29, 1.82) is 0 Å². The summed E-state index contributed by atoms with van der Waals surface area (Å²) in [6.45, 7) is 6.08. The van der Waals surface area contributed by atoms with Crippen molar-refractivity contribution in [3.8, 4) is 11.3 Å². The number of pyridine rings is 1. The molecule has 5 heteroatoms. The van der Waals surface area contributed by atoms with Crippen molar-refractivity contribution in [2.45, 2.75) is 26.8 Å². The third-order valence-electron chi connectivity index (χ3n) is 6.13. The molecule has 1 atom stereocenters. The number of anilines is 1. The number of ether oxygens (including phenoxy) is 1. The van der Waals surface area contributed by atoms with E-state index in [0.29, 0.717) is 16.6 Å². The molecule has 1 aromatic heterocycles. The number of carbonyl (C=O) groups excluding carboxylic acids is 1. The maximum atomic E-state index is 13.4. The molecule has 5 nitrogen and oxygen atoms in total. The molecule has 0 fully saturated rings. The van der Waals surface area contributed by atoms with Crippen LogP contribution < -0.4 is 10.9 Å². The Hall–Kier alpha value is -3.86. The lowest BCUT2D eigenvalue weighted by molar-refractivity contribution is 0.0602. The average Bonchev–Trinajstić information content (AvgIpc) is 2.81. The van der Waals surface area contributed by atoms with E-state index in [1.165, 1.54) is 7.11 Å². The molecule has 168 valence electrons. The number of hydrogen-bond acceptors (Lipinski definition) is 4. The predicted molar refractivity (Wildman–Crippen MR) is 134 cm³/mol. The summed E-state index contributed by atoms with van der Waals surface area (Å²) in [5.41, 5.74) is 6.15. The second-order valence-corrected chi connectivity index (χ2v) is 8.43. The minimum absolute atomic E-state index is 0.0298. The van der Waals surface area contributed by atoms with E-state index >= 15 is 0 Å². The SMILES string of the molecule is COC(=O)c1ccccc1NC(C)c1cc(C)cc2c(=O)n(C)c(-c3ccccc3C)cc12. The first kappa shape index (κ1) is 22.3. The highest BCUT2D eigenvalue weighted by molar-refractivity contribution is 5.96. The minimum atomic E-state index is -0.393. The Morgan fingerprint density at radius 1 is 0.970 bits per heavy atom. The molecule has 0 amide bonds. The zero-order valence-electron chi connectivity index (χ0n) is 19.6. The van der Waals surface area contributed by atoms with Gasteiger partial charge in [-0.3, -0.25) is 4.79 Å². The molecule has 4 aromatic rings. The van der Waals surface area contributed by atoms with Crippen LogP contribution in [0.4, 0.5) is 5.69 Å². The molecule has 0 spiro atoms. The van der Waals surface area contributed by atoms with E-state index in [1.54, 1.807) is 10.6 Å². The molecule has 33 heavy (non-hydrogen) atoms. The van der Waals surface area contributed by atoms with Gasteiger partial charge in [-0.25, -0.2) is 4.79 Å². The molecule has 0 aliphatic heterocycles. The molecule has 0 radical (unpaired) electrons. The molecule has 0 bridgehead atoms. The number of carbonyl (C=O) groups is 1. The first-order valence-electron chi connectivity index (χ1n) is 11.0. The van der Waals surface area contributed by atoms with Gasteiger partial charge in [0.05, 0.1) is 18.4 Å². The van der Waals surface area contributed by atoms with Gasteiger partial charge >= 0.3 is 5.97 Å². The summed E-state index contributed by atoms with van der Waals surface area (Å²) in [5, 5.41) is 5.04. The number of fused-ring (bicyclic) bond motifs is 1. The smallest absolute Gasteiger partial charge is 0.339 e. The van der Waals surface area contributed by atoms with Gasteiger partial charge < -0.3 is 14.6 Å². The highest BCUT2D eigenvalue weighted by Gasteiger charge is 2.18. The number of hydrogen-bond donors (Lipinski definition) is 1. The summed E-state index contributed by atoms with van der Waals surface area (Å²) in [6.07, 6.45) is 0. The quantitative estimate of drug-likeness (QED) is 0.400. The van der Waals surface area contributed by atoms with Crippen LogP contribution in [-0.2, 0) is 11.8 Å². The number of para-hydroxylation sites is 1. The van der Waals surface area contributed by atoms with Crippen molar-refractivity contribution < 1.29 is 9.53 Å². The summed E-state index contributed by atoms with van der Waals surface area (Å²) in [4.78, 5) is 25.6. The fourth-order valence-corrected chi connectivity index (χ4v) is 4.37. The van der Waals surface area contributed by atoms with E-state index in [2.05, 4.69) is 17.4 Å². The number of nitrogens with zero attached hydrogens (tertiary/aromatic N) is 1. The Morgan fingerprint density at radius 3 is 2.39 bits per heavy atom. The molecule has 0 saturated heterocycles. The van der Waals surface area contributed by atoms with E-state index in [9.17, 15) is 9.59 Å². The van der Waals surface area contributed by atoms with E-state index in [-0.39, 0.29) is 11.6 Å². The van der Waals surface area contributed by atoms with Crippen molar-refractivity contribution in [3.63, 3.8) is 0 Å². The van der Waals surface area contributed by atoms with Crippen LogP contribution in [0.5, 0.6) is 0 Å². The van der Waals surface area contributed by atoms with Gasteiger partial charge in [-0.05, 0) is 67.1 Å². The number of methoxy groups -OCH3 is 1. The molecule has 1 heterocycles. The van der Waals surface area contributed by atoms with Crippen LogP contribution in [0.25, 0.3) is 22.0 Å². The molecule has 0 aliphatic carbocycles. The second kappa shape index (κ2) is 8.94. The van der Waals surface area contributed by atoms with Gasteiger partial charge in [-0.2, -0.15) is 0 Å². The first-order chi connectivity index (χ1) is 15.8. The zero-order chi connectivity index (χ0) is 23.7. The van der Waals surface area contributed by atoms with Crippen molar-refractivity contribution in [2.24, 2.45) is 7.05 Å². The number of rotatable bonds is 5. The molecular formula is C28H28N2O3. The van der Waals surface area contributed by atoms with Crippen molar-refractivity contribution in [1.82, 2.24) is 4.57 Å². The number of aromatic nitrogens is 1. The lowest BCUT2D eigenvalue weighted by Gasteiger charge is -2.21. The summed E-state index contributed by atoms with van der Waals surface area (Å²) >= 11 is 0. The predicted octanol–water partition coefficient (Wildman–Crippen LogP) is 5.78.